The predicted octanol–water partition coefficient (Wildman–Crippen LogP) is 2.33. The van der Waals surface area contributed by atoms with Crippen LogP contribution in [0, 0.1) is 0 Å². The molecule has 1 unspecified atom stereocenters. The molecule has 1 heterocycles. The maximum atomic E-state index is 10.5. The first kappa shape index (κ1) is 8.17. The van der Waals surface area contributed by atoms with E-state index in [0.29, 0.717) is 11.5 Å². The molecule has 0 bridgehead atoms. The van der Waals surface area contributed by atoms with Gasteiger partial charge in [0.2, 0.25) is 0 Å². The Balaban J connectivity index is 2.29. The van der Waals surface area contributed by atoms with Crippen LogP contribution in [0.1, 0.15) is 34.7 Å². The van der Waals surface area contributed by atoms with Crippen molar-refractivity contribution >= 4 is 6.29 Å². The third-order valence-electron chi connectivity index (χ3n) is 2.36. The van der Waals surface area contributed by atoms with Gasteiger partial charge < -0.3 is 0 Å². The Morgan fingerprint density at radius 3 is 3.08 bits per heavy atom. The highest BCUT2D eigenvalue weighted by atomic mass is 16.1. The van der Waals surface area contributed by atoms with Gasteiger partial charge in [0.1, 0.15) is 0 Å². The number of hydrogen-bond acceptors (Lipinski definition) is 2. The highest BCUT2D eigenvalue weighted by Gasteiger charge is 2.11. The number of aldehydes is 1. The first-order valence-corrected chi connectivity index (χ1v) is 4.47. The van der Waals surface area contributed by atoms with Gasteiger partial charge in [-0.15, -0.1) is 0 Å². The molecule has 0 aliphatic heterocycles. The maximum Gasteiger partial charge on any atom is 0.151 e. The van der Waals surface area contributed by atoms with E-state index in [4.69, 9.17) is 0 Å². The molecule has 2 nitrogen and oxygen atoms in total. The molecule has 2 heteroatoms. The van der Waals surface area contributed by atoms with Gasteiger partial charge in [-0.25, -0.2) is 0 Å². The molecule has 1 aliphatic rings. The third kappa shape index (κ3) is 1.66. The van der Waals surface area contributed by atoms with Crippen LogP contribution in [0.3, 0.4) is 0 Å². The lowest BCUT2D eigenvalue weighted by Crippen LogP contribution is -1.94. The van der Waals surface area contributed by atoms with Crippen LogP contribution in [-0.2, 0) is 0 Å². The second-order valence-electron chi connectivity index (χ2n) is 3.28. The number of carbonyl (C=O) groups excluding carboxylic acids is 1. The first-order chi connectivity index (χ1) is 6.40. The average molecular weight is 173 g/mol. The minimum absolute atomic E-state index is 0.465. The molecule has 66 valence electrons. The van der Waals surface area contributed by atoms with Gasteiger partial charge in [0.15, 0.2) is 6.29 Å². The third-order valence-corrected chi connectivity index (χ3v) is 2.36. The van der Waals surface area contributed by atoms with Crippen LogP contribution in [0.25, 0.3) is 0 Å². The molecule has 1 aliphatic carbocycles. The SMILES string of the molecule is O=Cc1cncc(C2C=CCC2)c1. The smallest absolute Gasteiger partial charge is 0.151 e. The van der Waals surface area contributed by atoms with Crippen molar-refractivity contribution in [3.63, 3.8) is 0 Å². The van der Waals surface area contributed by atoms with E-state index in [9.17, 15) is 4.79 Å². The van der Waals surface area contributed by atoms with Gasteiger partial charge in [-0.2, -0.15) is 0 Å². The van der Waals surface area contributed by atoms with Crippen LogP contribution in [-0.4, -0.2) is 11.3 Å². The average Bonchev–Trinajstić information content (AvgIpc) is 2.71. The summed E-state index contributed by atoms with van der Waals surface area (Å²) in [4.78, 5) is 14.6. The van der Waals surface area contributed by atoms with Gasteiger partial charge in [0.25, 0.3) is 0 Å². The molecule has 0 fully saturated rings. The van der Waals surface area contributed by atoms with E-state index in [0.717, 1.165) is 24.7 Å². The minimum atomic E-state index is 0.465. The Hall–Kier alpha value is -1.44. The number of hydrogen-bond donors (Lipinski definition) is 0. The molecule has 1 atom stereocenters. The van der Waals surface area contributed by atoms with Crippen molar-refractivity contribution in [3.05, 3.63) is 41.7 Å². The van der Waals surface area contributed by atoms with Crippen molar-refractivity contribution in [2.45, 2.75) is 18.8 Å². The minimum Gasteiger partial charge on any atom is -0.298 e. The standard InChI is InChI=1S/C11H11NO/c13-8-9-5-11(7-12-6-9)10-3-1-2-4-10/h1,3,5-8,10H,2,4H2. The van der Waals surface area contributed by atoms with Crippen molar-refractivity contribution in [3.8, 4) is 0 Å². The molecular weight excluding hydrogens is 162 g/mol. The highest BCUT2D eigenvalue weighted by Crippen LogP contribution is 2.27. The number of aromatic nitrogens is 1. The molecule has 0 aromatic carbocycles. The summed E-state index contributed by atoms with van der Waals surface area (Å²) >= 11 is 0. The molecule has 0 N–H and O–H groups in total. The van der Waals surface area contributed by atoms with E-state index in [1.165, 1.54) is 0 Å². The zero-order valence-corrected chi connectivity index (χ0v) is 7.31. The summed E-state index contributed by atoms with van der Waals surface area (Å²) in [6.07, 6.45) is 10.9. The monoisotopic (exact) mass is 173 g/mol. The van der Waals surface area contributed by atoms with Crippen LogP contribution in [0.4, 0.5) is 0 Å². The number of nitrogens with zero attached hydrogens (tertiary/aromatic N) is 1. The summed E-state index contributed by atoms with van der Waals surface area (Å²) in [6, 6.07) is 1.92. The molecule has 1 aromatic heterocycles. The lowest BCUT2D eigenvalue weighted by Gasteiger charge is -2.06. The number of allylic oxidation sites excluding steroid dienone is 2. The van der Waals surface area contributed by atoms with E-state index >= 15 is 0 Å². The fraction of sp³-hybridized carbons (Fsp3) is 0.273. The Kier molecular flexibility index (Phi) is 2.21. The van der Waals surface area contributed by atoms with Gasteiger partial charge in [-0.1, -0.05) is 12.2 Å². The molecule has 13 heavy (non-hydrogen) atoms. The normalized spacial score (nSPS) is 20.5. The summed E-state index contributed by atoms with van der Waals surface area (Å²) in [7, 11) is 0. The van der Waals surface area contributed by atoms with Crippen molar-refractivity contribution in [2.75, 3.05) is 0 Å². The summed E-state index contributed by atoms with van der Waals surface area (Å²) in [5.74, 6) is 0.465. The van der Waals surface area contributed by atoms with Gasteiger partial charge in [-0.05, 0) is 24.5 Å². The van der Waals surface area contributed by atoms with Gasteiger partial charge in [0.05, 0.1) is 0 Å². The number of carbonyl (C=O) groups is 1. The van der Waals surface area contributed by atoms with E-state index in [1.54, 1.807) is 6.20 Å². The van der Waals surface area contributed by atoms with Crippen molar-refractivity contribution in [1.82, 2.24) is 4.98 Å². The van der Waals surface area contributed by atoms with Crippen LogP contribution >= 0.6 is 0 Å². The maximum absolute atomic E-state index is 10.5. The second-order valence-corrected chi connectivity index (χ2v) is 3.28. The van der Waals surface area contributed by atoms with E-state index in [-0.39, 0.29) is 0 Å². The fourth-order valence-electron chi connectivity index (χ4n) is 1.65. The van der Waals surface area contributed by atoms with Crippen LogP contribution in [0.2, 0.25) is 0 Å². The summed E-state index contributed by atoms with van der Waals surface area (Å²) in [5, 5.41) is 0. The van der Waals surface area contributed by atoms with Crippen LogP contribution in [0.15, 0.2) is 30.6 Å². The van der Waals surface area contributed by atoms with Crippen molar-refractivity contribution < 1.29 is 4.79 Å². The predicted molar refractivity (Wildman–Crippen MR) is 50.7 cm³/mol. The van der Waals surface area contributed by atoms with Gasteiger partial charge in [0, 0.05) is 23.9 Å². The largest absolute Gasteiger partial charge is 0.298 e. The van der Waals surface area contributed by atoms with Crippen molar-refractivity contribution in [1.29, 1.82) is 0 Å². The van der Waals surface area contributed by atoms with Gasteiger partial charge in [-0.3, -0.25) is 9.78 Å². The quantitative estimate of drug-likeness (QED) is 0.507. The molecule has 1 aromatic rings. The van der Waals surface area contributed by atoms with E-state index < -0.39 is 0 Å². The molecular formula is C11H11NO. The second kappa shape index (κ2) is 3.52. The zero-order chi connectivity index (χ0) is 9.10. The number of rotatable bonds is 2. The first-order valence-electron chi connectivity index (χ1n) is 4.47. The van der Waals surface area contributed by atoms with Gasteiger partial charge >= 0.3 is 0 Å². The Bertz CT molecular complexity index is 344. The van der Waals surface area contributed by atoms with E-state index in [2.05, 4.69) is 17.1 Å². The Morgan fingerprint density at radius 2 is 2.38 bits per heavy atom. The van der Waals surface area contributed by atoms with E-state index in [1.807, 2.05) is 12.3 Å². The lowest BCUT2D eigenvalue weighted by molar-refractivity contribution is 0.112. The van der Waals surface area contributed by atoms with Crippen molar-refractivity contribution in [2.24, 2.45) is 0 Å². The summed E-state index contributed by atoms with van der Waals surface area (Å²) in [5.41, 5.74) is 1.82. The summed E-state index contributed by atoms with van der Waals surface area (Å²) in [6.45, 7) is 0. The molecule has 2 rings (SSSR count). The zero-order valence-electron chi connectivity index (χ0n) is 7.31. The highest BCUT2D eigenvalue weighted by molar-refractivity contribution is 5.74. The lowest BCUT2D eigenvalue weighted by atomic mass is 10.00. The Morgan fingerprint density at radius 1 is 1.46 bits per heavy atom. The van der Waals surface area contributed by atoms with Crippen LogP contribution in [0.5, 0.6) is 0 Å². The number of pyridine rings is 1. The fourth-order valence-corrected chi connectivity index (χ4v) is 1.65. The summed E-state index contributed by atoms with van der Waals surface area (Å²) < 4.78 is 0. The molecule has 0 saturated heterocycles. The Labute approximate surface area is 77.3 Å². The molecule has 0 spiro atoms. The van der Waals surface area contributed by atoms with Crippen LogP contribution < -0.4 is 0 Å². The molecule has 0 radical (unpaired) electrons. The molecule has 0 saturated carbocycles. The topological polar surface area (TPSA) is 30.0 Å². The molecule has 0 amide bonds.